The molecule has 0 radical (unpaired) electrons. The van der Waals surface area contributed by atoms with E-state index in [4.69, 9.17) is 11.5 Å². The summed E-state index contributed by atoms with van der Waals surface area (Å²) < 4.78 is 0. The molecule has 0 aromatic carbocycles. The second kappa shape index (κ2) is 3.21. The van der Waals surface area contributed by atoms with Gasteiger partial charge in [0.25, 0.3) is 0 Å². The monoisotopic (exact) mass is 166 g/mol. The highest BCUT2D eigenvalue weighted by atomic mass is 16.2. The normalized spacial score (nSPS) is 21.7. The molecular formula is C8H10N2O2. The van der Waals surface area contributed by atoms with Gasteiger partial charge in [0, 0.05) is 5.57 Å². The summed E-state index contributed by atoms with van der Waals surface area (Å²) in [5, 5.41) is 0. The van der Waals surface area contributed by atoms with Crippen LogP contribution in [0.2, 0.25) is 0 Å². The van der Waals surface area contributed by atoms with Crippen molar-refractivity contribution in [3.8, 4) is 0 Å². The summed E-state index contributed by atoms with van der Waals surface area (Å²) in [6.45, 7) is 0. The summed E-state index contributed by atoms with van der Waals surface area (Å²) in [4.78, 5) is 21.6. The van der Waals surface area contributed by atoms with E-state index >= 15 is 0 Å². The summed E-state index contributed by atoms with van der Waals surface area (Å²) in [6.07, 6.45) is 5.47. The summed E-state index contributed by atoms with van der Waals surface area (Å²) in [5.74, 6) is -1.64. The van der Waals surface area contributed by atoms with Crippen molar-refractivity contribution in [2.75, 3.05) is 0 Å². The first-order chi connectivity index (χ1) is 5.63. The molecule has 0 saturated heterocycles. The molecule has 64 valence electrons. The lowest BCUT2D eigenvalue weighted by Gasteiger charge is -2.14. The predicted molar refractivity (Wildman–Crippen MR) is 43.7 cm³/mol. The maximum atomic E-state index is 10.8. The first kappa shape index (κ1) is 8.52. The minimum absolute atomic E-state index is 0.296. The molecule has 1 aliphatic rings. The molecule has 0 aliphatic heterocycles. The van der Waals surface area contributed by atoms with Crippen LogP contribution < -0.4 is 11.5 Å². The van der Waals surface area contributed by atoms with E-state index in [1.54, 1.807) is 12.2 Å². The van der Waals surface area contributed by atoms with Gasteiger partial charge in [-0.25, -0.2) is 0 Å². The molecule has 1 rings (SSSR count). The van der Waals surface area contributed by atoms with Gasteiger partial charge in [-0.1, -0.05) is 18.2 Å². The highest BCUT2D eigenvalue weighted by Gasteiger charge is 2.24. The van der Waals surface area contributed by atoms with Crippen LogP contribution in [0.25, 0.3) is 0 Å². The molecule has 12 heavy (non-hydrogen) atoms. The lowest BCUT2D eigenvalue weighted by atomic mass is 9.90. The van der Waals surface area contributed by atoms with Gasteiger partial charge >= 0.3 is 0 Å². The molecule has 2 amide bonds. The van der Waals surface area contributed by atoms with E-state index in [0.29, 0.717) is 12.0 Å². The molecular weight excluding hydrogens is 156 g/mol. The van der Waals surface area contributed by atoms with E-state index in [9.17, 15) is 9.59 Å². The van der Waals surface area contributed by atoms with Gasteiger partial charge in [-0.2, -0.15) is 0 Å². The first-order valence-corrected chi connectivity index (χ1v) is 3.58. The third-order valence-corrected chi connectivity index (χ3v) is 1.79. The Hall–Kier alpha value is -1.58. The number of hydrogen-bond donors (Lipinski definition) is 2. The average molecular weight is 166 g/mol. The zero-order chi connectivity index (χ0) is 9.14. The number of primary amides is 2. The molecule has 1 aliphatic carbocycles. The molecule has 0 spiro atoms. The summed E-state index contributed by atoms with van der Waals surface area (Å²) in [7, 11) is 0. The van der Waals surface area contributed by atoms with Gasteiger partial charge in [-0.05, 0) is 6.42 Å². The highest BCUT2D eigenvalue weighted by Crippen LogP contribution is 2.19. The van der Waals surface area contributed by atoms with Gasteiger partial charge in [0.2, 0.25) is 11.8 Å². The number of rotatable bonds is 2. The molecule has 0 aromatic rings. The molecule has 0 fully saturated rings. The maximum absolute atomic E-state index is 10.8. The fraction of sp³-hybridized carbons (Fsp3) is 0.250. The molecule has 1 unspecified atom stereocenters. The Morgan fingerprint density at radius 3 is 2.50 bits per heavy atom. The summed E-state index contributed by atoms with van der Waals surface area (Å²) in [6, 6.07) is 0. The van der Waals surface area contributed by atoms with E-state index in [-0.39, 0.29) is 0 Å². The van der Waals surface area contributed by atoms with Crippen molar-refractivity contribution in [3.63, 3.8) is 0 Å². The molecule has 0 heterocycles. The van der Waals surface area contributed by atoms with Crippen LogP contribution in [-0.4, -0.2) is 11.8 Å². The van der Waals surface area contributed by atoms with Crippen LogP contribution in [0.4, 0.5) is 0 Å². The Labute approximate surface area is 69.9 Å². The van der Waals surface area contributed by atoms with Crippen LogP contribution >= 0.6 is 0 Å². The van der Waals surface area contributed by atoms with E-state index in [2.05, 4.69) is 0 Å². The topological polar surface area (TPSA) is 86.2 Å². The van der Waals surface area contributed by atoms with Crippen LogP contribution in [0.15, 0.2) is 23.8 Å². The minimum atomic E-state index is -0.580. The largest absolute Gasteiger partial charge is 0.369 e. The number of carbonyl (C=O) groups excluding carboxylic acids is 2. The average Bonchev–Trinajstić information content (AvgIpc) is 2.04. The molecule has 0 bridgehead atoms. The second-order valence-corrected chi connectivity index (χ2v) is 2.61. The van der Waals surface area contributed by atoms with Crippen molar-refractivity contribution in [2.24, 2.45) is 17.4 Å². The van der Waals surface area contributed by atoms with E-state index in [1.165, 1.54) is 6.08 Å². The standard InChI is InChI=1S/C8H10N2O2/c9-7(11)5-3-1-2-4-6(5)8(10)12/h1-3,6H,4H2,(H2,9,11)(H2,10,12). The van der Waals surface area contributed by atoms with Gasteiger partial charge in [-0.15, -0.1) is 0 Å². The predicted octanol–water partition coefficient (Wildman–Crippen LogP) is -0.541. The molecule has 4 heteroatoms. The van der Waals surface area contributed by atoms with Crippen molar-refractivity contribution >= 4 is 11.8 Å². The van der Waals surface area contributed by atoms with Gasteiger partial charge in [0.1, 0.15) is 0 Å². The second-order valence-electron chi connectivity index (χ2n) is 2.61. The van der Waals surface area contributed by atoms with Gasteiger partial charge in [0.15, 0.2) is 0 Å². The fourth-order valence-corrected chi connectivity index (χ4v) is 1.15. The van der Waals surface area contributed by atoms with Crippen molar-refractivity contribution < 1.29 is 9.59 Å². The highest BCUT2D eigenvalue weighted by molar-refractivity contribution is 5.99. The van der Waals surface area contributed by atoms with E-state index < -0.39 is 17.7 Å². The molecule has 1 atom stereocenters. The lowest BCUT2D eigenvalue weighted by Crippen LogP contribution is -2.31. The maximum Gasteiger partial charge on any atom is 0.245 e. The lowest BCUT2D eigenvalue weighted by molar-refractivity contribution is -0.123. The number of allylic oxidation sites excluding steroid dienone is 3. The van der Waals surface area contributed by atoms with E-state index in [1.807, 2.05) is 0 Å². The zero-order valence-corrected chi connectivity index (χ0v) is 6.49. The van der Waals surface area contributed by atoms with Gasteiger partial charge < -0.3 is 11.5 Å². The molecule has 4 nitrogen and oxygen atoms in total. The van der Waals surface area contributed by atoms with Gasteiger partial charge in [-0.3, -0.25) is 9.59 Å². The number of hydrogen-bond acceptors (Lipinski definition) is 2. The zero-order valence-electron chi connectivity index (χ0n) is 6.49. The smallest absolute Gasteiger partial charge is 0.245 e. The Balaban J connectivity index is 2.91. The molecule has 0 saturated carbocycles. The fourth-order valence-electron chi connectivity index (χ4n) is 1.15. The SMILES string of the molecule is NC(=O)C1=CC=CCC1C(N)=O. The third kappa shape index (κ3) is 1.53. The summed E-state index contributed by atoms with van der Waals surface area (Å²) >= 11 is 0. The summed E-state index contributed by atoms with van der Waals surface area (Å²) in [5.41, 5.74) is 10.4. The van der Waals surface area contributed by atoms with Crippen molar-refractivity contribution in [3.05, 3.63) is 23.8 Å². The third-order valence-electron chi connectivity index (χ3n) is 1.79. The van der Waals surface area contributed by atoms with Crippen molar-refractivity contribution in [1.29, 1.82) is 0 Å². The van der Waals surface area contributed by atoms with Crippen LogP contribution in [0, 0.1) is 5.92 Å². The number of carbonyl (C=O) groups is 2. The van der Waals surface area contributed by atoms with Crippen molar-refractivity contribution in [1.82, 2.24) is 0 Å². The van der Waals surface area contributed by atoms with Gasteiger partial charge in [0.05, 0.1) is 5.92 Å². The quantitative estimate of drug-likeness (QED) is 0.577. The minimum Gasteiger partial charge on any atom is -0.369 e. The Morgan fingerprint density at radius 1 is 1.42 bits per heavy atom. The van der Waals surface area contributed by atoms with E-state index in [0.717, 1.165) is 0 Å². The Kier molecular flexibility index (Phi) is 2.28. The first-order valence-electron chi connectivity index (χ1n) is 3.58. The van der Waals surface area contributed by atoms with Crippen LogP contribution in [-0.2, 0) is 9.59 Å². The number of nitrogens with two attached hydrogens (primary N) is 2. The molecule has 0 aromatic heterocycles. The van der Waals surface area contributed by atoms with Crippen LogP contribution in [0.5, 0.6) is 0 Å². The Bertz CT molecular complexity index is 279. The molecule has 4 N–H and O–H groups in total. The van der Waals surface area contributed by atoms with Crippen LogP contribution in [0.3, 0.4) is 0 Å². The van der Waals surface area contributed by atoms with Crippen LogP contribution in [0.1, 0.15) is 6.42 Å². The van der Waals surface area contributed by atoms with Crippen molar-refractivity contribution in [2.45, 2.75) is 6.42 Å². The number of amides is 2. The Morgan fingerprint density at radius 2 is 2.08 bits per heavy atom.